The van der Waals surface area contributed by atoms with Gasteiger partial charge >= 0.3 is 0 Å². The van der Waals surface area contributed by atoms with Crippen LogP contribution in [0.25, 0.3) is 0 Å². The van der Waals surface area contributed by atoms with Gasteiger partial charge in [-0.05, 0) is 49.3 Å². The van der Waals surface area contributed by atoms with Crippen LogP contribution in [0.1, 0.15) is 41.4 Å². The third-order valence-electron chi connectivity index (χ3n) is 4.76. The average molecular weight is 424 g/mol. The fourth-order valence-electron chi connectivity index (χ4n) is 3.15. The van der Waals surface area contributed by atoms with Gasteiger partial charge in [0.05, 0.1) is 10.9 Å². The van der Waals surface area contributed by atoms with Crippen LogP contribution in [0.2, 0.25) is 5.02 Å². The van der Waals surface area contributed by atoms with Crippen molar-refractivity contribution >= 4 is 27.5 Å². The van der Waals surface area contributed by atoms with Crippen molar-refractivity contribution in [3.05, 3.63) is 64.2 Å². The van der Waals surface area contributed by atoms with Gasteiger partial charge in [0.25, 0.3) is 5.91 Å². The van der Waals surface area contributed by atoms with Crippen LogP contribution in [0, 0.1) is 6.92 Å². The largest absolute Gasteiger partial charge is 0.350 e. The summed E-state index contributed by atoms with van der Waals surface area (Å²) in [5.74, 6) is -0.354. The molecule has 1 unspecified atom stereocenters. The SMILES string of the molecule is CCN(CC)C(CNC(=O)c1cc(S(N)(=O)=O)ccc1C)c1ccccc1Cl. The van der Waals surface area contributed by atoms with Gasteiger partial charge in [0.2, 0.25) is 10.0 Å². The number of hydrogen-bond acceptors (Lipinski definition) is 4. The zero-order chi connectivity index (χ0) is 20.9. The molecule has 152 valence electrons. The molecule has 2 aromatic rings. The first-order chi connectivity index (χ1) is 13.2. The van der Waals surface area contributed by atoms with E-state index in [-0.39, 0.29) is 22.4 Å². The van der Waals surface area contributed by atoms with Crippen molar-refractivity contribution in [2.45, 2.75) is 31.7 Å². The van der Waals surface area contributed by atoms with E-state index in [2.05, 4.69) is 24.1 Å². The van der Waals surface area contributed by atoms with E-state index in [1.54, 1.807) is 13.0 Å². The lowest BCUT2D eigenvalue weighted by Gasteiger charge is -2.31. The number of carbonyl (C=O) groups excluding carboxylic acids is 1. The molecular formula is C20H26ClN3O3S. The molecule has 2 rings (SSSR count). The van der Waals surface area contributed by atoms with E-state index >= 15 is 0 Å². The quantitative estimate of drug-likeness (QED) is 0.682. The van der Waals surface area contributed by atoms with Gasteiger partial charge in [0, 0.05) is 17.1 Å². The number of sulfonamides is 1. The van der Waals surface area contributed by atoms with Gasteiger partial charge in [-0.2, -0.15) is 0 Å². The summed E-state index contributed by atoms with van der Waals surface area (Å²) in [6, 6.07) is 11.7. The van der Waals surface area contributed by atoms with E-state index in [1.165, 1.54) is 12.1 Å². The average Bonchev–Trinajstić information content (AvgIpc) is 2.65. The zero-order valence-electron chi connectivity index (χ0n) is 16.3. The molecule has 28 heavy (non-hydrogen) atoms. The maximum Gasteiger partial charge on any atom is 0.251 e. The number of nitrogens with two attached hydrogens (primary N) is 1. The van der Waals surface area contributed by atoms with E-state index in [4.69, 9.17) is 16.7 Å². The van der Waals surface area contributed by atoms with Crippen LogP contribution in [-0.4, -0.2) is 38.9 Å². The highest BCUT2D eigenvalue weighted by Gasteiger charge is 2.22. The number of nitrogens with zero attached hydrogens (tertiary/aromatic N) is 1. The lowest BCUT2D eigenvalue weighted by molar-refractivity contribution is 0.0934. The molecule has 0 aliphatic heterocycles. The molecule has 0 saturated carbocycles. The van der Waals surface area contributed by atoms with Gasteiger partial charge in [-0.15, -0.1) is 0 Å². The molecule has 0 aliphatic rings. The molecule has 1 atom stereocenters. The van der Waals surface area contributed by atoms with Crippen molar-refractivity contribution in [1.29, 1.82) is 0 Å². The van der Waals surface area contributed by atoms with E-state index < -0.39 is 10.0 Å². The Kier molecular flexibility index (Phi) is 7.60. The van der Waals surface area contributed by atoms with Crippen molar-refractivity contribution in [1.82, 2.24) is 10.2 Å². The van der Waals surface area contributed by atoms with Crippen LogP contribution in [0.15, 0.2) is 47.4 Å². The Morgan fingerprint density at radius 1 is 1.18 bits per heavy atom. The lowest BCUT2D eigenvalue weighted by Crippen LogP contribution is -2.38. The lowest BCUT2D eigenvalue weighted by atomic mass is 10.0. The molecule has 0 spiro atoms. The maximum atomic E-state index is 12.8. The molecule has 1 amide bonds. The minimum absolute atomic E-state index is 0.0883. The molecule has 0 heterocycles. The number of hydrogen-bond donors (Lipinski definition) is 2. The second-order valence-electron chi connectivity index (χ2n) is 6.49. The fraction of sp³-hybridized carbons (Fsp3) is 0.350. The van der Waals surface area contributed by atoms with Gasteiger partial charge in [-0.25, -0.2) is 13.6 Å². The Balaban J connectivity index is 2.28. The number of amides is 1. The third kappa shape index (κ3) is 5.32. The first-order valence-electron chi connectivity index (χ1n) is 9.09. The third-order valence-corrected chi connectivity index (χ3v) is 6.01. The van der Waals surface area contributed by atoms with E-state index in [0.717, 1.165) is 18.7 Å². The van der Waals surface area contributed by atoms with Crippen molar-refractivity contribution in [3.8, 4) is 0 Å². The smallest absolute Gasteiger partial charge is 0.251 e. The summed E-state index contributed by atoms with van der Waals surface area (Å²) in [5, 5.41) is 8.74. The van der Waals surface area contributed by atoms with Crippen LogP contribution >= 0.6 is 11.6 Å². The van der Waals surface area contributed by atoms with Gasteiger partial charge in [0.1, 0.15) is 0 Å². The number of carbonyl (C=O) groups is 1. The van der Waals surface area contributed by atoms with Crippen molar-refractivity contribution < 1.29 is 13.2 Å². The summed E-state index contributed by atoms with van der Waals surface area (Å²) in [7, 11) is -3.88. The Bertz CT molecular complexity index is 943. The highest BCUT2D eigenvalue weighted by molar-refractivity contribution is 7.89. The van der Waals surface area contributed by atoms with Crippen molar-refractivity contribution in [3.63, 3.8) is 0 Å². The molecule has 0 saturated heterocycles. The minimum Gasteiger partial charge on any atom is -0.350 e. The number of nitrogens with one attached hydrogen (secondary N) is 1. The fourth-order valence-corrected chi connectivity index (χ4v) is 3.95. The predicted molar refractivity (Wildman–Crippen MR) is 112 cm³/mol. The first kappa shape index (κ1) is 22.4. The summed E-state index contributed by atoms with van der Waals surface area (Å²) < 4.78 is 23.2. The molecule has 8 heteroatoms. The highest BCUT2D eigenvalue weighted by Crippen LogP contribution is 2.27. The van der Waals surface area contributed by atoms with Gasteiger partial charge in [0.15, 0.2) is 0 Å². The van der Waals surface area contributed by atoms with Gasteiger partial charge in [-0.3, -0.25) is 9.69 Å². The molecule has 0 aromatic heterocycles. The zero-order valence-corrected chi connectivity index (χ0v) is 17.8. The summed E-state index contributed by atoms with van der Waals surface area (Å²) in [6.07, 6.45) is 0. The number of likely N-dealkylation sites (N-methyl/N-ethyl adjacent to an activating group) is 1. The summed E-state index contributed by atoms with van der Waals surface area (Å²) in [6.45, 7) is 7.77. The molecule has 0 aliphatic carbocycles. The van der Waals surface area contributed by atoms with E-state index in [0.29, 0.717) is 17.1 Å². The number of aryl methyl sites for hydroxylation is 1. The molecule has 0 fully saturated rings. The van der Waals surface area contributed by atoms with E-state index in [9.17, 15) is 13.2 Å². The highest BCUT2D eigenvalue weighted by atomic mass is 35.5. The standard InChI is InChI=1S/C20H26ClN3O3S/c1-4-24(5-2)19(16-8-6-7-9-18(16)21)13-23-20(25)17-12-15(28(22,26)27)11-10-14(17)3/h6-12,19H,4-5,13H2,1-3H3,(H,23,25)(H2,22,26,27). The van der Waals surface area contributed by atoms with Crippen molar-refractivity contribution in [2.24, 2.45) is 5.14 Å². The van der Waals surface area contributed by atoms with Crippen LogP contribution in [0.3, 0.4) is 0 Å². The molecule has 0 radical (unpaired) electrons. The normalized spacial score (nSPS) is 12.8. The van der Waals surface area contributed by atoms with Crippen molar-refractivity contribution in [2.75, 3.05) is 19.6 Å². The molecule has 0 bridgehead atoms. The minimum atomic E-state index is -3.88. The second kappa shape index (κ2) is 9.52. The van der Waals surface area contributed by atoms with Gasteiger partial charge in [-0.1, -0.05) is 49.7 Å². The van der Waals surface area contributed by atoms with Crippen LogP contribution in [0.5, 0.6) is 0 Å². The molecule has 3 N–H and O–H groups in total. The summed E-state index contributed by atoms with van der Waals surface area (Å²) >= 11 is 6.39. The van der Waals surface area contributed by atoms with Crippen LogP contribution in [0.4, 0.5) is 0 Å². The molecule has 6 nitrogen and oxygen atoms in total. The molecular weight excluding hydrogens is 398 g/mol. The first-order valence-corrected chi connectivity index (χ1v) is 11.0. The predicted octanol–water partition coefficient (Wildman–Crippen LogP) is 3.11. The number of halogens is 1. The molecule has 2 aromatic carbocycles. The Labute approximate surface area is 171 Å². The summed E-state index contributed by atoms with van der Waals surface area (Å²) in [5.41, 5.74) is 1.88. The monoisotopic (exact) mass is 423 g/mol. The van der Waals surface area contributed by atoms with Crippen LogP contribution in [-0.2, 0) is 10.0 Å². The number of rotatable bonds is 8. The van der Waals surface area contributed by atoms with Gasteiger partial charge < -0.3 is 5.32 Å². The number of benzene rings is 2. The number of primary sulfonamides is 1. The Morgan fingerprint density at radius 3 is 2.39 bits per heavy atom. The van der Waals surface area contributed by atoms with Crippen LogP contribution < -0.4 is 10.5 Å². The maximum absolute atomic E-state index is 12.8. The summed E-state index contributed by atoms with van der Waals surface area (Å²) in [4.78, 5) is 14.9. The topological polar surface area (TPSA) is 92.5 Å². The Morgan fingerprint density at radius 2 is 1.82 bits per heavy atom. The Hall–Kier alpha value is -1.93. The second-order valence-corrected chi connectivity index (χ2v) is 8.46. The van der Waals surface area contributed by atoms with E-state index in [1.807, 2.05) is 24.3 Å².